The fourth-order valence-corrected chi connectivity index (χ4v) is 2.40. The minimum absolute atomic E-state index is 0.615. The van der Waals surface area contributed by atoms with E-state index < -0.39 is 0 Å². The van der Waals surface area contributed by atoms with Crippen LogP contribution in [0.4, 0.5) is 0 Å². The summed E-state index contributed by atoms with van der Waals surface area (Å²) in [5.41, 5.74) is 1.39. The summed E-state index contributed by atoms with van der Waals surface area (Å²) < 4.78 is 1.87. The Morgan fingerprint density at radius 2 is 2.24 bits per heavy atom. The molecule has 0 fully saturated rings. The van der Waals surface area contributed by atoms with Gasteiger partial charge in [-0.1, -0.05) is 6.07 Å². The van der Waals surface area contributed by atoms with E-state index in [0.29, 0.717) is 5.56 Å². The molecule has 0 bridgehead atoms. The van der Waals surface area contributed by atoms with Gasteiger partial charge in [0.1, 0.15) is 11.9 Å². The van der Waals surface area contributed by atoms with Gasteiger partial charge in [0.15, 0.2) is 5.65 Å². The van der Waals surface area contributed by atoms with Gasteiger partial charge in [-0.15, -0.1) is 21.5 Å². The Labute approximate surface area is 102 Å². The van der Waals surface area contributed by atoms with Gasteiger partial charge in [0.2, 0.25) is 0 Å². The summed E-state index contributed by atoms with van der Waals surface area (Å²) in [6.45, 7) is 0. The van der Waals surface area contributed by atoms with E-state index in [1.54, 1.807) is 23.6 Å². The van der Waals surface area contributed by atoms with Gasteiger partial charge in [0.25, 0.3) is 0 Å². The van der Waals surface area contributed by atoms with Crippen LogP contribution in [0.3, 0.4) is 0 Å². The number of nitriles is 1. The zero-order valence-electron chi connectivity index (χ0n) is 8.87. The van der Waals surface area contributed by atoms with Crippen molar-refractivity contribution in [2.45, 2.75) is 6.42 Å². The Hall–Kier alpha value is -2.19. The van der Waals surface area contributed by atoms with Gasteiger partial charge >= 0.3 is 0 Å². The molecule has 3 heterocycles. The normalized spacial score (nSPS) is 10.5. The van der Waals surface area contributed by atoms with E-state index in [1.165, 1.54) is 4.88 Å². The van der Waals surface area contributed by atoms with E-state index in [-0.39, 0.29) is 0 Å². The van der Waals surface area contributed by atoms with Crippen molar-refractivity contribution in [2.24, 2.45) is 0 Å². The highest BCUT2D eigenvalue weighted by Crippen LogP contribution is 2.15. The van der Waals surface area contributed by atoms with Crippen LogP contribution in [-0.2, 0) is 6.42 Å². The minimum atomic E-state index is 0.615. The SMILES string of the molecule is N#Cc1ccc2nnc(Cc3cccs3)n2c1. The van der Waals surface area contributed by atoms with Crippen LogP contribution < -0.4 is 0 Å². The summed E-state index contributed by atoms with van der Waals surface area (Å²) in [7, 11) is 0. The Morgan fingerprint density at radius 1 is 1.29 bits per heavy atom. The number of thiophene rings is 1. The standard InChI is InChI=1S/C12H8N4S/c13-7-9-3-4-11-14-15-12(16(11)8-9)6-10-2-1-5-17-10/h1-5,8H,6H2. The van der Waals surface area contributed by atoms with E-state index in [2.05, 4.69) is 22.3 Å². The molecule has 3 aromatic rings. The number of pyridine rings is 1. The zero-order chi connectivity index (χ0) is 11.7. The summed E-state index contributed by atoms with van der Waals surface area (Å²) in [6.07, 6.45) is 2.52. The Bertz CT molecular complexity index is 691. The van der Waals surface area contributed by atoms with Gasteiger partial charge in [0.05, 0.1) is 5.56 Å². The third kappa shape index (κ3) is 1.79. The van der Waals surface area contributed by atoms with Crippen LogP contribution in [0.25, 0.3) is 5.65 Å². The number of nitrogens with zero attached hydrogens (tertiary/aromatic N) is 4. The van der Waals surface area contributed by atoms with E-state index in [4.69, 9.17) is 5.26 Å². The van der Waals surface area contributed by atoms with Crippen LogP contribution in [0.1, 0.15) is 16.3 Å². The van der Waals surface area contributed by atoms with Gasteiger partial charge < -0.3 is 0 Å². The lowest BCUT2D eigenvalue weighted by atomic mass is 10.3. The van der Waals surface area contributed by atoms with Crippen LogP contribution in [-0.4, -0.2) is 14.6 Å². The average Bonchev–Trinajstić information content (AvgIpc) is 2.99. The monoisotopic (exact) mass is 240 g/mol. The summed E-state index contributed by atoms with van der Waals surface area (Å²) >= 11 is 1.69. The Morgan fingerprint density at radius 3 is 3.00 bits per heavy atom. The summed E-state index contributed by atoms with van der Waals surface area (Å²) in [5, 5.41) is 19.2. The van der Waals surface area contributed by atoms with Gasteiger partial charge in [-0.05, 0) is 23.6 Å². The third-order valence-electron chi connectivity index (χ3n) is 2.51. The van der Waals surface area contributed by atoms with Gasteiger partial charge in [0, 0.05) is 17.5 Å². The molecule has 0 aromatic carbocycles. The highest BCUT2D eigenvalue weighted by Gasteiger charge is 2.07. The molecular weight excluding hydrogens is 232 g/mol. The molecule has 0 aliphatic rings. The second-order valence-electron chi connectivity index (χ2n) is 3.63. The van der Waals surface area contributed by atoms with Crippen LogP contribution in [0, 0.1) is 11.3 Å². The number of rotatable bonds is 2. The van der Waals surface area contributed by atoms with Crippen molar-refractivity contribution in [3.8, 4) is 6.07 Å². The third-order valence-corrected chi connectivity index (χ3v) is 3.39. The lowest BCUT2D eigenvalue weighted by Gasteiger charge is -1.98. The summed E-state index contributed by atoms with van der Waals surface area (Å²) in [6, 6.07) is 9.77. The molecule has 4 nitrogen and oxygen atoms in total. The smallest absolute Gasteiger partial charge is 0.160 e. The van der Waals surface area contributed by atoms with Crippen molar-refractivity contribution >= 4 is 17.0 Å². The first-order valence-electron chi connectivity index (χ1n) is 5.13. The maximum absolute atomic E-state index is 8.88. The number of hydrogen-bond donors (Lipinski definition) is 0. The van der Waals surface area contributed by atoms with Crippen LogP contribution >= 0.6 is 11.3 Å². The van der Waals surface area contributed by atoms with Gasteiger partial charge in [-0.2, -0.15) is 5.26 Å². The lowest BCUT2D eigenvalue weighted by molar-refractivity contribution is 0.943. The minimum Gasteiger partial charge on any atom is -0.285 e. The lowest BCUT2D eigenvalue weighted by Crippen LogP contribution is -1.95. The molecule has 0 N–H and O–H groups in total. The zero-order valence-corrected chi connectivity index (χ0v) is 9.68. The van der Waals surface area contributed by atoms with Crippen LogP contribution in [0.5, 0.6) is 0 Å². The quantitative estimate of drug-likeness (QED) is 0.690. The fourth-order valence-electron chi connectivity index (χ4n) is 1.69. The molecule has 0 amide bonds. The van der Waals surface area contributed by atoms with E-state index in [0.717, 1.165) is 17.9 Å². The van der Waals surface area contributed by atoms with Crippen molar-refractivity contribution in [3.63, 3.8) is 0 Å². The number of aromatic nitrogens is 3. The molecule has 0 aliphatic carbocycles. The molecule has 0 radical (unpaired) electrons. The molecule has 0 aliphatic heterocycles. The summed E-state index contributed by atoms with van der Waals surface area (Å²) in [5.74, 6) is 0.861. The molecule has 0 atom stereocenters. The summed E-state index contributed by atoms with van der Waals surface area (Å²) in [4.78, 5) is 1.24. The molecule has 17 heavy (non-hydrogen) atoms. The van der Waals surface area contributed by atoms with Crippen molar-refractivity contribution in [1.82, 2.24) is 14.6 Å². The average molecular weight is 240 g/mol. The maximum atomic E-state index is 8.88. The van der Waals surface area contributed by atoms with Crippen LogP contribution in [0.15, 0.2) is 35.8 Å². The molecule has 0 spiro atoms. The van der Waals surface area contributed by atoms with E-state index in [1.807, 2.05) is 21.9 Å². The predicted molar refractivity (Wildman–Crippen MR) is 64.8 cm³/mol. The van der Waals surface area contributed by atoms with Crippen molar-refractivity contribution < 1.29 is 0 Å². The molecule has 82 valence electrons. The fraction of sp³-hybridized carbons (Fsp3) is 0.0833. The second kappa shape index (κ2) is 4.00. The maximum Gasteiger partial charge on any atom is 0.160 e. The van der Waals surface area contributed by atoms with Crippen LogP contribution in [0.2, 0.25) is 0 Å². The number of hydrogen-bond acceptors (Lipinski definition) is 4. The second-order valence-corrected chi connectivity index (χ2v) is 4.66. The molecule has 0 saturated heterocycles. The first-order valence-corrected chi connectivity index (χ1v) is 6.01. The Kier molecular flexibility index (Phi) is 2.35. The van der Waals surface area contributed by atoms with Crippen molar-refractivity contribution in [1.29, 1.82) is 5.26 Å². The predicted octanol–water partition coefficient (Wildman–Crippen LogP) is 2.25. The van der Waals surface area contributed by atoms with Crippen molar-refractivity contribution in [2.75, 3.05) is 0 Å². The molecule has 3 aromatic heterocycles. The topological polar surface area (TPSA) is 54.0 Å². The molecule has 5 heteroatoms. The Balaban J connectivity index is 2.08. The van der Waals surface area contributed by atoms with Gasteiger partial charge in [-0.3, -0.25) is 4.40 Å². The molecule has 3 rings (SSSR count). The highest BCUT2D eigenvalue weighted by atomic mass is 32.1. The van der Waals surface area contributed by atoms with E-state index in [9.17, 15) is 0 Å². The molecule has 0 unspecified atom stereocenters. The molecular formula is C12H8N4S. The van der Waals surface area contributed by atoms with E-state index >= 15 is 0 Å². The largest absolute Gasteiger partial charge is 0.285 e. The number of fused-ring (bicyclic) bond motifs is 1. The first kappa shape index (κ1) is 10.00. The highest BCUT2D eigenvalue weighted by molar-refractivity contribution is 7.09. The van der Waals surface area contributed by atoms with Gasteiger partial charge in [-0.25, -0.2) is 0 Å². The van der Waals surface area contributed by atoms with Crippen molar-refractivity contribution in [3.05, 3.63) is 52.1 Å². The first-order chi connectivity index (χ1) is 8.36. The molecule has 0 saturated carbocycles.